The highest BCUT2D eigenvalue weighted by Gasteiger charge is 2.67. The van der Waals surface area contributed by atoms with Crippen LogP contribution >= 0.6 is 0 Å². The molecule has 2 atom stereocenters. The molecule has 6 nitrogen and oxygen atoms in total. The van der Waals surface area contributed by atoms with Gasteiger partial charge >= 0.3 is 0 Å². The van der Waals surface area contributed by atoms with Crippen molar-refractivity contribution in [2.45, 2.75) is 46.5 Å². The summed E-state index contributed by atoms with van der Waals surface area (Å²) in [5, 5.41) is 4.51. The number of carbonyl (C=O) groups is 2. The normalized spacial score (nSPS) is 20.7. The summed E-state index contributed by atoms with van der Waals surface area (Å²) in [4.78, 5) is 31.7. The van der Waals surface area contributed by atoms with Gasteiger partial charge in [0.05, 0.1) is 29.5 Å². The number of pyridine rings is 1. The standard InChI is InChI=1S/C20H24N4O2/c1-4-13(2)18(25)24(19(26)16-10-20(16)7-8-20)17-12-23(22-14(17)3)15-6-5-9-21-11-15/h5-6,9,11-13,16H,4,7-8,10H2,1-3H3. The van der Waals surface area contributed by atoms with E-state index in [0.717, 1.165) is 24.9 Å². The lowest BCUT2D eigenvalue weighted by atomic mass is 10.1. The molecule has 0 radical (unpaired) electrons. The van der Waals surface area contributed by atoms with Crippen LogP contribution in [0.25, 0.3) is 5.69 Å². The number of aromatic nitrogens is 3. The van der Waals surface area contributed by atoms with Crippen molar-refractivity contribution in [1.82, 2.24) is 14.8 Å². The number of nitrogens with zero attached hydrogens (tertiary/aromatic N) is 4. The number of anilines is 1. The molecular formula is C20H24N4O2. The molecule has 0 aliphatic heterocycles. The molecule has 2 fully saturated rings. The van der Waals surface area contributed by atoms with Gasteiger partial charge in [-0.2, -0.15) is 5.10 Å². The second kappa shape index (κ2) is 6.04. The van der Waals surface area contributed by atoms with E-state index in [0.29, 0.717) is 17.8 Å². The third-order valence-electron chi connectivity index (χ3n) is 5.88. The number of hydrogen-bond donors (Lipinski definition) is 0. The Bertz CT molecular complexity index is 854. The van der Waals surface area contributed by atoms with Crippen LogP contribution in [0.15, 0.2) is 30.7 Å². The fourth-order valence-electron chi connectivity index (χ4n) is 3.60. The average molecular weight is 352 g/mol. The summed E-state index contributed by atoms with van der Waals surface area (Å²) in [6.07, 6.45) is 9.03. The summed E-state index contributed by atoms with van der Waals surface area (Å²) in [7, 11) is 0. The molecule has 0 N–H and O–H groups in total. The van der Waals surface area contributed by atoms with Gasteiger partial charge in [0, 0.05) is 18.0 Å². The first-order valence-electron chi connectivity index (χ1n) is 9.31. The maximum absolute atomic E-state index is 13.2. The first kappa shape index (κ1) is 16.9. The van der Waals surface area contributed by atoms with Crippen LogP contribution in [0.4, 0.5) is 5.69 Å². The maximum Gasteiger partial charge on any atom is 0.237 e. The molecule has 0 bridgehead atoms. The van der Waals surface area contributed by atoms with E-state index in [1.54, 1.807) is 23.3 Å². The van der Waals surface area contributed by atoms with Gasteiger partial charge in [0.1, 0.15) is 0 Å². The van der Waals surface area contributed by atoms with Crippen LogP contribution < -0.4 is 4.90 Å². The van der Waals surface area contributed by atoms with E-state index < -0.39 is 0 Å². The maximum atomic E-state index is 13.2. The average Bonchev–Trinajstić information content (AvgIpc) is 3.56. The number of amides is 2. The largest absolute Gasteiger partial charge is 0.274 e. The van der Waals surface area contributed by atoms with E-state index in [1.165, 1.54) is 4.90 Å². The van der Waals surface area contributed by atoms with Crippen LogP contribution in [0.3, 0.4) is 0 Å². The van der Waals surface area contributed by atoms with Crippen molar-refractivity contribution in [2.24, 2.45) is 17.3 Å². The minimum atomic E-state index is -0.200. The van der Waals surface area contributed by atoms with Gasteiger partial charge in [0.2, 0.25) is 11.8 Å². The monoisotopic (exact) mass is 352 g/mol. The van der Waals surface area contributed by atoms with Crippen molar-refractivity contribution < 1.29 is 9.59 Å². The topological polar surface area (TPSA) is 68.1 Å². The molecule has 2 aliphatic rings. The first-order chi connectivity index (χ1) is 12.5. The van der Waals surface area contributed by atoms with E-state index in [9.17, 15) is 9.59 Å². The highest BCUT2D eigenvalue weighted by molar-refractivity contribution is 6.17. The molecule has 2 heterocycles. The molecule has 0 saturated heterocycles. The smallest absolute Gasteiger partial charge is 0.237 e. The number of carbonyl (C=O) groups excluding carboxylic acids is 2. The van der Waals surface area contributed by atoms with Crippen molar-refractivity contribution in [3.8, 4) is 5.69 Å². The molecule has 6 heteroatoms. The third-order valence-corrected chi connectivity index (χ3v) is 5.88. The summed E-state index contributed by atoms with van der Waals surface area (Å²) in [6.45, 7) is 5.69. The van der Waals surface area contributed by atoms with E-state index in [-0.39, 0.29) is 29.1 Å². The highest BCUT2D eigenvalue weighted by Crippen LogP contribution is 2.71. The quantitative estimate of drug-likeness (QED) is 0.828. The predicted molar refractivity (Wildman–Crippen MR) is 97.8 cm³/mol. The van der Waals surface area contributed by atoms with Crippen molar-refractivity contribution in [3.05, 3.63) is 36.4 Å². The van der Waals surface area contributed by atoms with E-state index in [2.05, 4.69) is 10.1 Å². The van der Waals surface area contributed by atoms with Gasteiger partial charge in [0.25, 0.3) is 0 Å². The van der Waals surface area contributed by atoms with Crippen LogP contribution in [0.1, 0.15) is 45.2 Å². The van der Waals surface area contributed by atoms with Gasteiger partial charge < -0.3 is 0 Å². The molecular weight excluding hydrogens is 328 g/mol. The van der Waals surface area contributed by atoms with Gasteiger partial charge in [-0.1, -0.05) is 13.8 Å². The van der Waals surface area contributed by atoms with Crippen LogP contribution in [0.2, 0.25) is 0 Å². The van der Waals surface area contributed by atoms with Gasteiger partial charge in [-0.05, 0) is 50.2 Å². The highest BCUT2D eigenvalue weighted by atomic mass is 16.2. The number of hydrogen-bond acceptors (Lipinski definition) is 4. The minimum absolute atomic E-state index is 0.00310. The molecule has 1 spiro atoms. The Morgan fingerprint density at radius 1 is 1.42 bits per heavy atom. The lowest BCUT2D eigenvalue weighted by Crippen LogP contribution is -2.41. The molecule has 136 valence electrons. The van der Waals surface area contributed by atoms with Crippen molar-refractivity contribution in [2.75, 3.05) is 4.90 Å². The Hall–Kier alpha value is -2.50. The van der Waals surface area contributed by atoms with Gasteiger partial charge in [0.15, 0.2) is 0 Å². The van der Waals surface area contributed by atoms with E-state index in [4.69, 9.17) is 0 Å². The van der Waals surface area contributed by atoms with E-state index in [1.807, 2.05) is 32.9 Å². The van der Waals surface area contributed by atoms with E-state index >= 15 is 0 Å². The molecule has 2 aromatic heterocycles. The first-order valence-corrected chi connectivity index (χ1v) is 9.31. The number of rotatable bonds is 5. The molecule has 0 aromatic carbocycles. The van der Waals surface area contributed by atoms with Crippen LogP contribution in [-0.2, 0) is 9.59 Å². The molecule has 2 unspecified atom stereocenters. The molecule has 2 aliphatic carbocycles. The minimum Gasteiger partial charge on any atom is -0.274 e. The second-order valence-corrected chi connectivity index (χ2v) is 7.70. The lowest BCUT2D eigenvalue weighted by Gasteiger charge is -2.23. The Morgan fingerprint density at radius 3 is 2.77 bits per heavy atom. The Kier molecular flexibility index (Phi) is 3.93. The van der Waals surface area contributed by atoms with Gasteiger partial charge in [-0.15, -0.1) is 0 Å². The zero-order chi connectivity index (χ0) is 18.5. The summed E-state index contributed by atoms with van der Waals surface area (Å²) in [5.41, 5.74) is 2.27. The second-order valence-electron chi connectivity index (χ2n) is 7.70. The third kappa shape index (κ3) is 2.73. The van der Waals surface area contributed by atoms with Crippen molar-refractivity contribution in [1.29, 1.82) is 0 Å². The van der Waals surface area contributed by atoms with Crippen molar-refractivity contribution >= 4 is 17.5 Å². The SMILES string of the molecule is CCC(C)C(=O)N(C(=O)C1CC12CC2)c1cn(-c2cccnc2)nc1C. The molecule has 4 rings (SSSR count). The Morgan fingerprint density at radius 2 is 2.19 bits per heavy atom. The van der Waals surface area contributed by atoms with Crippen LogP contribution in [-0.4, -0.2) is 26.6 Å². The molecule has 2 amide bonds. The Balaban J connectivity index is 1.70. The predicted octanol–water partition coefficient (Wildman–Crippen LogP) is 3.28. The number of aryl methyl sites for hydroxylation is 1. The fraction of sp³-hybridized carbons (Fsp3) is 0.500. The number of imide groups is 1. The summed E-state index contributed by atoms with van der Waals surface area (Å²) in [5.74, 6) is -0.388. The van der Waals surface area contributed by atoms with Gasteiger partial charge in [-0.25, -0.2) is 9.58 Å². The Labute approximate surface area is 153 Å². The molecule has 26 heavy (non-hydrogen) atoms. The summed E-state index contributed by atoms with van der Waals surface area (Å²) >= 11 is 0. The van der Waals surface area contributed by atoms with Crippen LogP contribution in [0, 0.1) is 24.2 Å². The summed E-state index contributed by atoms with van der Waals surface area (Å²) < 4.78 is 1.68. The summed E-state index contributed by atoms with van der Waals surface area (Å²) in [6, 6.07) is 3.73. The molecule has 2 aromatic rings. The molecule has 2 saturated carbocycles. The lowest BCUT2D eigenvalue weighted by molar-refractivity contribution is -0.129. The van der Waals surface area contributed by atoms with Crippen molar-refractivity contribution in [3.63, 3.8) is 0 Å². The zero-order valence-electron chi connectivity index (χ0n) is 15.5. The van der Waals surface area contributed by atoms with Gasteiger partial charge in [-0.3, -0.25) is 14.6 Å². The fourth-order valence-corrected chi connectivity index (χ4v) is 3.60. The zero-order valence-corrected chi connectivity index (χ0v) is 15.5. The van der Waals surface area contributed by atoms with Crippen LogP contribution in [0.5, 0.6) is 0 Å².